The third-order valence-electron chi connectivity index (χ3n) is 3.75. The average Bonchev–Trinajstić information content (AvgIpc) is 2.41. The van der Waals surface area contributed by atoms with Crippen molar-refractivity contribution in [2.24, 2.45) is 5.92 Å². The Kier molecular flexibility index (Phi) is 1.78. The fourth-order valence-corrected chi connectivity index (χ4v) is 2.90. The minimum Gasteiger partial charge on any atom is -0.378 e. The van der Waals surface area contributed by atoms with Gasteiger partial charge in [-0.1, -0.05) is 13.8 Å². The lowest BCUT2D eigenvalue weighted by atomic mass is 9.82. The molecule has 0 aromatic heterocycles. The second-order valence-corrected chi connectivity index (χ2v) is 4.09. The Bertz CT molecular complexity index is 199. The van der Waals surface area contributed by atoms with E-state index in [1.54, 1.807) is 0 Å². The van der Waals surface area contributed by atoms with Crippen molar-refractivity contribution >= 4 is 7.85 Å². The van der Waals surface area contributed by atoms with E-state index in [9.17, 15) is 0 Å². The number of rotatable bonds is 1. The minimum absolute atomic E-state index is 0.00405. The van der Waals surface area contributed by atoms with E-state index >= 15 is 0 Å². The molecule has 0 aromatic carbocycles. The van der Waals surface area contributed by atoms with Crippen molar-refractivity contribution in [3.8, 4) is 0 Å². The summed E-state index contributed by atoms with van der Waals surface area (Å²) in [6.45, 7) is 6.60. The molecule has 0 amide bonds. The normalized spacial score (nSPS) is 57.9. The molecule has 66 valence electrons. The Morgan fingerprint density at radius 2 is 2.17 bits per heavy atom. The van der Waals surface area contributed by atoms with Gasteiger partial charge in [0, 0.05) is 24.0 Å². The standard InChI is InChI=1S/C9H16BNO/c1-4-9-5(2)7(8(10)12-9)11-6(9)3/h5-8,11H,4H2,1-3H3/t5-,6+,7?,8-,9-/m1/s1. The summed E-state index contributed by atoms with van der Waals surface area (Å²) in [5, 5.41) is 3.49. The summed E-state index contributed by atoms with van der Waals surface area (Å²) in [5.74, 6) is 0.549. The number of hydrogen-bond donors (Lipinski definition) is 1. The molecule has 0 saturated carbocycles. The highest BCUT2D eigenvalue weighted by atomic mass is 16.5. The van der Waals surface area contributed by atoms with Gasteiger partial charge in [0.2, 0.25) is 0 Å². The molecule has 12 heavy (non-hydrogen) atoms. The van der Waals surface area contributed by atoms with Gasteiger partial charge in [-0.05, 0) is 13.3 Å². The predicted octanol–water partition coefficient (Wildman–Crippen LogP) is 0.656. The molecule has 0 aromatic rings. The summed E-state index contributed by atoms with van der Waals surface area (Å²) in [6, 6.07) is 0.707. The second-order valence-electron chi connectivity index (χ2n) is 4.09. The van der Waals surface area contributed by atoms with Gasteiger partial charge in [-0.2, -0.15) is 0 Å². The number of morpholine rings is 1. The third-order valence-corrected chi connectivity index (χ3v) is 3.75. The quantitative estimate of drug-likeness (QED) is 0.576. The van der Waals surface area contributed by atoms with Gasteiger partial charge in [-0.3, -0.25) is 0 Å². The molecule has 1 N–H and O–H groups in total. The lowest BCUT2D eigenvalue weighted by molar-refractivity contribution is -0.0638. The predicted molar refractivity (Wildman–Crippen MR) is 49.2 cm³/mol. The fourth-order valence-electron chi connectivity index (χ4n) is 2.90. The molecule has 2 radical (unpaired) electrons. The van der Waals surface area contributed by atoms with Gasteiger partial charge in [0.05, 0.1) is 5.60 Å². The highest BCUT2D eigenvalue weighted by molar-refractivity contribution is 6.12. The third kappa shape index (κ3) is 0.788. The van der Waals surface area contributed by atoms with Crippen LogP contribution in [0.5, 0.6) is 0 Å². The van der Waals surface area contributed by atoms with Crippen LogP contribution in [0.25, 0.3) is 0 Å². The summed E-state index contributed by atoms with van der Waals surface area (Å²) in [7, 11) is 5.85. The van der Waals surface area contributed by atoms with Gasteiger partial charge in [-0.15, -0.1) is 0 Å². The van der Waals surface area contributed by atoms with E-state index in [1.165, 1.54) is 0 Å². The van der Waals surface area contributed by atoms with Gasteiger partial charge in [0.15, 0.2) is 0 Å². The van der Waals surface area contributed by atoms with Crippen molar-refractivity contribution in [3.05, 3.63) is 0 Å². The highest BCUT2D eigenvalue weighted by Crippen LogP contribution is 2.45. The van der Waals surface area contributed by atoms with Crippen LogP contribution >= 0.6 is 0 Å². The zero-order chi connectivity index (χ0) is 8.93. The van der Waals surface area contributed by atoms with Crippen LogP contribution in [0.1, 0.15) is 27.2 Å². The minimum atomic E-state index is -0.101. The Hall–Kier alpha value is -0.0151. The zero-order valence-corrected chi connectivity index (χ0v) is 8.00. The maximum Gasteiger partial charge on any atom is 0.111 e. The van der Waals surface area contributed by atoms with Gasteiger partial charge >= 0.3 is 0 Å². The lowest BCUT2D eigenvalue weighted by Gasteiger charge is -2.36. The molecule has 3 heteroatoms. The zero-order valence-electron chi connectivity index (χ0n) is 8.00. The van der Waals surface area contributed by atoms with Crippen LogP contribution in [0.4, 0.5) is 0 Å². The molecule has 0 spiro atoms. The molecule has 2 aliphatic rings. The molecule has 2 saturated heterocycles. The van der Waals surface area contributed by atoms with Gasteiger partial charge < -0.3 is 10.1 Å². The number of fused-ring (bicyclic) bond motifs is 2. The molecule has 2 nitrogen and oxygen atoms in total. The summed E-state index contributed by atoms with van der Waals surface area (Å²) < 4.78 is 5.84. The topological polar surface area (TPSA) is 21.3 Å². The molecule has 2 rings (SSSR count). The summed E-state index contributed by atoms with van der Waals surface area (Å²) in [4.78, 5) is 0. The Balaban J connectivity index is 2.30. The van der Waals surface area contributed by atoms with E-state index in [2.05, 4.69) is 26.1 Å². The fraction of sp³-hybridized carbons (Fsp3) is 1.00. The van der Waals surface area contributed by atoms with Crippen LogP contribution < -0.4 is 5.32 Å². The van der Waals surface area contributed by atoms with Crippen molar-refractivity contribution < 1.29 is 4.74 Å². The SMILES string of the molecule is [B][C@@H]1O[C@@]2(CC)[C@H](C)NC1[C@H]2C. The molecular weight excluding hydrogens is 149 g/mol. The second kappa shape index (κ2) is 2.49. The average molecular weight is 165 g/mol. The summed E-state index contributed by atoms with van der Waals surface area (Å²) in [6.07, 6.45) is 1.05. The lowest BCUT2D eigenvalue weighted by Crippen LogP contribution is -2.51. The number of hydrogen-bond acceptors (Lipinski definition) is 2. The highest BCUT2D eigenvalue weighted by Gasteiger charge is 2.58. The smallest absolute Gasteiger partial charge is 0.111 e. The van der Waals surface area contributed by atoms with Gasteiger partial charge in [-0.25, -0.2) is 0 Å². The Morgan fingerprint density at radius 3 is 2.50 bits per heavy atom. The van der Waals surface area contributed by atoms with E-state index in [0.717, 1.165) is 6.42 Å². The van der Waals surface area contributed by atoms with Crippen molar-refractivity contribution in [2.75, 3.05) is 0 Å². The summed E-state index contributed by atoms with van der Waals surface area (Å²) >= 11 is 0. The first kappa shape index (κ1) is 8.58. The molecule has 2 aliphatic heterocycles. The maximum atomic E-state index is 5.85. The van der Waals surface area contributed by atoms with Crippen LogP contribution in [-0.2, 0) is 4.74 Å². The van der Waals surface area contributed by atoms with Crippen molar-refractivity contribution in [2.45, 2.75) is 50.9 Å². The van der Waals surface area contributed by atoms with Crippen LogP contribution in [0.2, 0.25) is 0 Å². The van der Waals surface area contributed by atoms with Crippen molar-refractivity contribution in [1.82, 2.24) is 5.32 Å². The summed E-state index contributed by atoms with van der Waals surface area (Å²) in [5.41, 5.74) is 0.00405. The first-order valence-electron chi connectivity index (χ1n) is 4.81. The molecule has 2 fully saturated rings. The van der Waals surface area contributed by atoms with Crippen molar-refractivity contribution in [3.63, 3.8) is 0 Å². The molecule has 2 heterocycles. The molecule has 5 atom stereocenters. The monoisotopic (exact) mass is 165 g/mol. The molecule has 0 aliphatic carbocycles. The molecular formula is C9H16BNO. The molecule has 1 unspecified atom stereocenters. The number of nitrogens with one attached hydrogen (secondary N) is 1. The Labute approximate surface area is 75.5 Å². The Morgan fingerprint density at radius 1 is 1.50 bits per heavy atom. The van der Waals surface area contributed by atoms with Crippen molar-refractivity contribution in [1.29, 1.82) is 0 Å². The van der Waals surface area contributed by atoms with Crippen LogP contribution in [0, 0.1) is 5.92 Å². The van der Waals surface area contributed by atoms with E-state index in [1.807, 2.05) is 0 Å². The maximum absolute atomic E-state index is 5.85. The van der Waals surface area contributed by atoms with E-state index in [4.69, 9.17) is 12.6 Å². The first-order chi connectivity index (χ1) is 5.62. The van der Waals surface area contributed by atoms with Crippen LogP contribution in [-0.4, -0.2) is 31.5 Å². The number of ether oxygens (including phenoxy) is 1. The van der Waals surface area contributed by atoms with E-state index < -0.39 is 0 Å². The van der Waals surface area contributed by atoms with E-state index in [0.29, 0.717) is 18.0 Å². The van der Waals surface area contributed by atoms with Gasteiger partial charge in [0.25, 0.3) is 0 Å². The van der Waals surface area contributed by atoms with E-state index in [-0.39, 0.29) is 11.6 Å². The van der Waals surface area contributed by atoms with Gasteiger partial charge in [0.1, 0.15) is 7.85 Å². The largest absolute Gasteiger partial charge is 0.378 e. The van der Waals surface area contributed by atoms with Crippen LogP contribution in [0.3, 0.4) is 0 Å². The molecule has 2 bridgehead atoms. The van der Waals surface area contributed by atoms with Crippen LogP contribution in [0.15, 0.2) is 0 Å². The first-order valence-corrected chi connectivity index (χ1v) is 4.81.